The molecule has 0 radical (unpaired) electrons. The summed E-state index contributed by atoms with van der Waals surface area (Å²) >= 11 is 0. The van der Waals surface area contributed by atoms with Gasteiger partial charge in [-0.2, -0.15) is 0 Å². The molecular weight excluding hydrogens is 382 g/mol. The van der Waals surface area contributed by atoms with Crippen LogP contribution in [0.25, 0.3) is 0 Å². The Morgan fingerprint density at radius 2 is 0.885 bits per heavy atom. The minimum absolute atomic E-state index is 0. The van der Waals surface area contributed by atoms with Gasteiger partial charge in [0.25, 0.3) is 0 Å². The van der Waals surface area contributed by atoms with Gasteiger partial charge in [0.05, 0.1) is 0 Å². The van der Waals surface area contributed by atoms with E-state index in [2.05, 4.69) is 6.92 Å². The van der Waals surface area contributed by atoms with Crippen LogP contribution in [0.1, 0.15) is 110 Å². The zero-order valence-corrected chi connectivity index (χ0v) is 16.8. The number of carbonyl (C=O) groups is 1. The molecule has 4 N–H and O–H groups in total. The second kappa shape index (κ2) is 24.3. The molecule has 26 heavy (non-hydrogen) atoms. The van der Waals surface area contributed by atoms with E-state index in [9.17, 15) is 4.79 Å². The predicted octanol–water partition coefficient (Wildman–Crippen LogP) is 4.76. The molecule has 0 atom stereocenters. The molecule has 0 saturated heterocycles. The molecular formula is C18H40KO6P. The van der Waals surface area contributed by atoms with Crippen molar-refractivity contribution in [3.05, 3.63) is 0 Å². The van der Waals surface area contributed by atoms with Crippen LogP contribution in [0.3, 0.4) is 0 Å². The molecule has 6 nitrogen and oxygen atoms in total. The summed E-state index contributed by atoms with van der Waals surface area (Å²) < 4.78 is 8.88. The fourth-order valence-corrected chi connectivity index (χ4v) is 2.65. The van der Waals surface area contributed by atoms with Crippen LogP contribution >= 0.6 is 7.82 Å². The zero-order valence-electron chi connectivity index (χ0n) is 15.9. The van der Waals surface area contributed by atoms with Crippen molar-refractivity contribution in [2.45, 2.75) is 110 Å². The van der Waals surface area contributed by atoms with Crippen molar-refractivity contribution in [3.8, 4) is 0 Å². The molecule has 0 spiro atoms. The third-order valence-electron chi connectivity index (χ3n) is 3.99. The monoisotopic (exact) mass is 422 g/mol. The number of carboxylic acid groups (broad SMARTS) is 1. The number of rotatable bonds is 16. The fraction of sp³-hybridized carbons (Fsp3) is 0.944. The van der Waals surface area contributed by atoms with Gasteiger partial charge < -0.3 is 19.8 Å². The van der Waals surface area contributed by atoms with Gasteiger partial charge >= 0.3 is 65.2 Å². The molecule has 0 aliphatic heterocycles. The van der Waals surface area contributed by atoms with Gasteiger partial charge in [-0.15, -0.1) is 0 Å². The van der Waals surface area contributed by atoms with E-state index in [0.717, 1.165) is 12.8 Å². The van der Waals surface area contributed by atoms with Gasteiger partial charge in [-0.1, -0.05) is 96.8 Å². The van der Waals surface area contributed by atoms with E-state index in [1.807, 2.05) is 0 Å². The summed E-state index contributed by atoms with van der Waals surface area (Å²) in [6.45, 7) is 2.27. The Morgan fingerprint density at radius 3 is 1.12 bits per heavy atom. The number of phosphoric acid groups is 1. The Bertz CT molecular complexity index is 327. The van der Waals surface area contributed by atoms with E-state index in [1.54, 1.807) is 0 Å². The molecule has 0 aliphatic rings. The third-order valence-corrected chi connectivity index (χ3v) is 3.99. The number of hydrogen-bond donors (Lipinski definition) is 4. The van der Waals surface area contributed by atoms with Gasteiger partial charge in [-0.05, 0) is 6.42 Å². The molecule has 8 heteroatoms. The van der Waals surface area contributed by atoms with Crippen molar-refractivity contribution in [2.75, 3.05) is 0 Å². The van der Waals surface area contributed by atoms with E-state index in [4.69, 9.17) is 24.4 Å². The SMILES string of the molecule is CCCCCCCCCCCCCCCCCC(=O)O.O=P(O)(O)O.[KH]. The van der Waals surface area contributed by atoms with Crippen molar-refractivity contribution in [3.63, 3.8) is 0 Å². The van der Waals surface area contributed by atoms with Crippen molar-refractivity contribution in [1.29, 1.82) is 0 Å². The van der Waals surface area contributed by atoms with Crippen LogP contribution in [0, 0.1) is 0 Å². The predicted molar refractivity (Wildman–Crippen MR) is 109 cm³/mol. The summed E-state index contributed by atoms with van der Waals surface area (Å²) in [4.78, 5) is 31.9. The summed E-state index contributed by atoms with van der Waals surface area (Å²) in [7, 11) is -4.64. The van der Waals surface area contributed by atoms with Gasteiger partial charge in [-0.3, -0.25) is 4.79 Å². The molecule has 0 fully saturated rings. The average Bonchev–Trinajstić information content (AvgIpc) is 2.49. The number of aliphatic carboxylic acids is 1. The molecule has 0 heterocycles. The minimum atomic E-state index is -4.64. The van der Waals surface area contributed by atoms with Crippen LogP contribution in [0.15, 0.2) is 0 Å². The van der Waals surface area contributed by atoms with Crippen molar-refractivity contribution < 1.29 is 29.1 Å². The zero-order chi connectivity index (χ0) is 19.4. The van der Waals surface area contributed by atoms with E-state index < -0.39 is 13.8 Å². The van der Waals surface area contributed by atoms with Gasteiger partial charge in [0, 0.05) is 6.42 Å². The first-order chi connectivity index (χ1) is 11.8. The standard InChI is InChI=1S/C18H36O2.K.H3O4P.H/c1-2-3-4-5-6-7-8-9-10-11-12-13-14-15-16-17-18(19)20;;1-5(2,3)4;/h2-17H2,1H3,(H,19,20);;(H3,1,2,3,4);. The first-order valence-electron chi connectivity index (χ1n) is 9.77. The van der Waals surface area contributed by atoms with Gasteiger partial charge in [-0.25, -0.2) is 4.57 Å². The summed E-state index contributed by atoms with van der Waals surface area (Å²) in [6, 6.07) is 0. The summed E-state index contributed by atoms with van der Waals surface area (Å²) in [6.07, 6.45) is 20.2. The molecule has 0 aromatic heterocycles. The molecule has 154 valence electrons. The maximum atomic E-state index is 10.3. The second-order valence-corrected chi connectivity index (χ2v) is 7.63. The van der Waals surface area contributed by atoms with Gasteiger partial charge in [0.1, 0.15) is 0 Å². The van der Waals surface area contributed by atoms with Gasteiger partial charge in [0.2, 0.25) is 0 Å². The Morgan fingerprint density at radius 1 is 0.654 bits per heavy atom. The molecule has 0 rings (SSSR count). The van der Waals surface area contributed by atoms with Crippen LogP contribution in [-0.2, 0) is 9.36 Å². The normalized spacial score (nSPS) is 10.6. The molecule has 0 aliphatic carbocycles. The van der Waals surface area contributed by atoms with E-state index in [1.165, 1.54) is 83.5 Å². The Labute approximate surface area is 202 Å². The molecule has 0 aromatic carbocycles. The van der Waals surface area contributed by atoms with Crippen LogP contribution in [-0.4, -0.2) is 77.1 Å². The van der Waals surface area contributed by atoms with E-state index in [-0.39, 0.29) is 51.4 Å². The Kier molecular flexibility index (Phi) is 29.8. The molecule has 0 aromatic rings. The van der Waals surface area contributed by atoms with Gasteiger partial charge in [0.15, 0.2) is 0 Å². The number of carboxylic acids is 1. The number of unbranched alkanes of at least 4 members (excludes halogenated alkanes) is 14. The van der Waals surface area contributed by atoms with Crippen molar-refractivity contribution >= 4 is 65.2 Å². The maximum absolute atomic E-state index is 10.3. The quantitative estimate of drug-likeness (QED) is 0.162. The summed E-state index contributed by atoms with van der Waals surface area (Å²) in [5.41, 5.74) is 0. The number of hydrogen-bond acceptors (Lipinski definition) is 2. The van der Waals surface area contributed by atoms with Crippen LogP contribution in [0.2, 0.25) is 0 Å². The first kappa shape index (κ1) is 31.9. The summed E-state index contributed by atoms with van der Waals surface area (Å²) in [5.74, 6) is -0.653. The molecule has 0 unspecified atom stereocenters. The average molecular weight is 423 g/mol. The Hall–Kier alpha value is 1.22. The second-order valence-electron chi connectivity index (χ2n) is 6.61. The van der Waals surface area contributed by atoms with Crippen LogP contribution < -0.4 is 0 Å². The van der Waals surface area contributed by atoms with Crippen molar-refractivity contribution in [1.82, 2.24) is 0 Å². The molecule has 0 bridgehead atoms. The third kappa shape index (κ3) is 44.6. The van der Waals surface area contributed by atoms with Crippen molar-refractivity contribution in [2.24, 2.45) is 0 Å². The Balaban J connectivity index is -0.000000772. The van der Waals surface area contributed by atoms with Crippen LogP contribution in [0.4, 0.5) is 0 Å². The van der Waals surface area contributed by atoms with E-state index in [0.29, 0.717) is 6.42 Å². The molecule has 0 saturated carbocycles. The van der Waals surface area contributed by atoms with E-state index >= 15 is 0 Å². The molecule has 0 amide bonds. The summed E-state index contributed by atoms with van der Waals surface area (Å²) in [5, 5.41) is 8.52. The first-order valence-corrected chi connectivity index (χ1v) is 11.3. The fourth-order valence-electron chi connectivity index (χ4n) is 2.65. The topological polar surface area (TPSA) is 115 Å². The van der Waals surface area contributed by atoms with Crippen LogP contribution in [0.5, 0.6) is 0 Å².